The van der Waals surface area contributed by atoms with Gasteiger partial charge >= 0.3 is 0 Å². The predicted octanol–water partition coefficient (Wildman–Crippen LogP) is 0.771. The van der Waals surface area contributed by atoms with Crippen molar-refractivity contribution in [2.75, 3.05) is 6.61 Å². The highest BCUT2D eigenvalue weighted by atomic mass is 16.5. The van der Waals surface area contributed by atoms with Gasteiger partial charge in [0, 0.05) is 0 Å². The fourth-order valence-electron chi connectivity index (χ4n) is 1.57. The third kappa shape index (κ3) is 7.73. The molecule has 0 spiro atoms. The van der Waals surface area contributed by atoms with E-state index in [4.69, 9.17) is 15.3 Å². The van der Waals surface area contributed by atoms with Gasteiger partial charge in [-0.1, -0.05) is 26.2 Å². The minimum Gasteiger partial charge on any atom is -0.393 e. The highest BCUT2D eigenvalue weighted by Crippen LogP contribution is 2.21. The van der Waals surface area contributed by atoms with Gasteiger partial charge in [0.1, 0.15) is 0 Å². The molecule has 0 radical (unpaired) electrons. The quantitative estimate of drug-likeness (QED) is 0.342. The van der Waals surface area contributed by atoms with Gasteiger partial charge in [-0.3, -0.25) is 0 Å². The average Bonchev–Trinajstić information content (AvgIpc) is 2.21. The van der Waals surface area contributed by atoms with Crippen molar-refractivity contribution in [1.29, 1.82) is 0 Å². The van der Waals surface area contributed by atoms with Crippen LogP contribution in [0, 0.1) is 0 Å². The Morgan fingerprint density at radius 3 is 2.13 bits per heavy atom. The molecule has 0 aliphatic rings. The number of unbranched alkanes of at least 4 members (excludes halogenated alkanes) is 2. The first kappa shape index (κ1) is 14.8. The van der Waals surface area contributed by atoms with Crippen LogP contribution in [-0.4, -0.2) is 38.9 Å². The van der Waals surface area contributed by atoms with Crippen LogP contribution < -0.4 is 0 Å². The lowest BCUT2D eigenvalue weighted by molar-refractivity contribution is -0.0520. The summed E-state index contributed by atoms with van der Waals surface area (Å²) in [5.74, 6) is 0. The topological polar surface area (TPSA) is 80.9 Å². The minimum absolute atomic E-state index is 0.214. The van der Waals surface area contributed by atoms with E-state index in [9.17, 15) is 5.11 Å². The highest BCUT2D eigenvalue weighted by molar-refractivity contribution is 4.77. The zero-order valence-electron chi connectivity index (χ0n) is 9.52. The SMILES string of the molecule is CCCCC(O)(CO)CCCCC(O)O. The number of hydrogen-bond donors (Lipinski definition) is 4. The lowest BCUT2D eigenvalue weighted by Gasteiger charge is -2.25. The van der Waals surface area contributed by atoms with Crippen molar-refractivity contribution < 1.29 is 20.4 Å². The smallest absolute Gasteiger partial charge is 0.151 e. The summed E-state index contributed by atoms with van der Waals surface area (Å²) < 4.78 is 0. The molecule has 0 saturated heterocycles. The van der Waals surface area contributed by atoms with E-state index in [0.29, 0.717) is 32.1 Å². The average molecular weight is 220 g/mol. The van der Waals surface area contributed by atoms with Gasteiger partial charge in [0.25, 0.3) is 0 Å². The van der Waals surface area contributed by atoms with Gasteiger partial charge in [-0.15, -0.1) is 0 Å². The second-order valence-electron chi connectivity index (χ2n) is 4.21. The Balaban J connectivity index is 3.67. The maximum absolute atomic E-state index is 9.94. The summed E-state index contributed by atoms with van der Waals surface area (Å²) in [6.07, 6.45) is 3.47. The van der Waals surface area contributed by atoms with Crippen molar-refractivity contribution in [1.82, 2.24) is 0 Å². The number of hydrogen-bond acceptors (Lipinski definition) is 4. The van der Waals surface area contributed by atoms with Gasteiger partial charge in [-0.05, 0) is 25.7 Å². The Bertz CT molecular complexity index is 150. The Kier molecular flexibility index (Phi) is 7.96. The summed E-state index contributed by atoms with van der Waals surface area (Å²) in [6.45, 7) is 1.83. The van der Waals surface area contributed by atoms with Crippen LogP contribution in [0.25, 0.3) is 0 Å². The number of aliphatic hydroxyl groups is 4. The van der Waals surface area contributed by atoms with Crippen molar-refractivity contribution >= 4 is 0 Å². The van der Waals surface area contributed by atoms with Gasteiger partial charge in [-0.2, -0.15) is 0 Å². The summed E-state index contributed by atoms with van der Waals surface area (Å²) in [7, 11) is 0. The molecule has 1 unspecified atom stereocenters. The molecule has 0 aromatic heterocycles. The van der Waals surface area contributed by atoms with E-state index in [-0.39, 0.29) is 6.61 Å². The van der Waals surface area contributed by atoms with Crippen LogP contribution in [0.15, 0.2) is 0 Å². The molecule has 0 saturated carbocycles. The van der Waals surface area contributed by atoms with Crippen molar-refractivity contribution in [2.24, 2.45) is 0 Å². The van der Waals surface area contributed by atoms with E-state index in [2.05, 4.69) is 0 Å². The highest BCUT2D eigenvalue weighted by Gasteiger charge is 2.24. The lowest BCUT2D eigenvalue weighted by atomic mass is 9.91. The molecular weight excluding hydrogens is 196 g/mol. The standard InChI is InChI=1S/C11H24O4/c1-2-3-7-11(15,9-12)8-5-4-6-10(13)14/h10,12-15H,2-9H2,1H3. The third-order valence-corrected chi connectivity index (χ3v) is 2.64. The van der Waals surface area contributed by atoms with Crippen molar-refractivity contribution in [2.45, 2.75) is 63.8 Å². The zero-order chi connectivity index (χ0) is 11.7. The Morgan fingerprint density at radius 2 is 1.67 bits per heavy atom. The summed E-state index contributed by atoms with van der Waals surface area (Å²) in [4.78, 5) is 0. The molecule has 0 amide bonds. The molecule has 0 heterocycles. The van der Waals surface area contributed by atoms with Crippen LogP contribution in [0.5, 0.6) is 0 Å². The van der Waals surface area contributed by atoms with Gasteiger partial charge in [0.15, 0.2) is 6.29 Å². The minimum atomic E-state index is -1.26. The molecule has 0 aromatic carbocycles. The monoisotopic (exact) mass is 220 g/mol. The molecule has 0 aliphatic carbocycles. The normalized spacial score (nSPS) is 15.6. The summed E-state index contributed by atoms with van der Waals surface area (Å²) >= 11 is 0. The van der Waals surface area contributed by atoms with Crippen molar-refractivity contribution in [3.63, 3.8) is 0 Å². The molecule has 0 fully saturated rings. The first-order chi connectivity index (χ1) is 7.04. The van der Waals surface area contributed by atoms with Crippen LogP contribution in [0.2, 0.25) is 0 Å². The van der Waals surface area contributed by atoms with Crippen LogP contribution >= 0.6 is 0 Å². The second-order valence-corrected chi connectivity index (χ2v) is 4.21. The van der Waals surface area contributed by atoms with Gasteiger partial charge < -0.3 is 20.4 Å². The summed E-state index contributed by atoms with van der Waals surface area (Å²) in [5.41, 5.74) is -0.976. The van der Waals surface area contributed by atoms with E-state index in [1.165, 1.54) is 0 Å². The first-order valence-corrected chi connectivity index (χ1v) is 5.73. The van der Waals surface area contributed by atoms with Crippen LogP contribution in [0.1, 0.15) is 51.9 Å². The molecular formula is C11H24O4. The van der Waals surface area contributed by atoms with Crippen LogP contribution in [0.3, 0.4) is 0 Å². The molecule has 15 heavy (non-hydrogen) atoms. The second kappa shape index (κ2) is 8.05. The van der Waals surface area contributed by atoms with Gasteiger partial charge in [0.2, 0.25) is 0 Å². The fourth-order valence-corrected chi connectivity index (χ4v) is 1.57. The Labute approximate surface area is 91.6 Å². The van der Waals surface area contributed by atoms with E-state index < -0.39 is 11.9 Å². The van der Waals surface area contributed by atoms with E-state index in [1.54, 1.807) is 0 Å². The van der Waals surface area contributed by atoms with E-state index >= 15 is 0 Å². The van der Waals surface area contributed by atoms with Crippen LogP contribution in [0.4, 0.5) is 0 Å². The zero-order valence-corrected chi connectivity index (χ0v) is 9.52. The van der Waals surface area contributed by atoms with Crippen molar-refractivity contribution in [3.8, 4) is 0 Å². The molecule has 0 aromatic rings. The molecule has 4 nitrogen and oxygen atoms in total. The first-order valence-electron chi connectivity index (χ1n) is 5.73. The van der Waals surface area contributed by atoms with Crippen molar-refractivity contribution in [3.05, 3.63) is 0 Å². The van der Waals surface area contributed by atoms with E-state index in [1.807, 2.05) is 6.92 Å². The summed E-state index contributed by atoms with van der Waals surface area (Å²) in [5, 5.41) is 36.3. The Hall–Kier alpha value is -0.160. The molecule has 4 N–H and O–H groups in total. The molecule has 0 aliphatic heterocycles. The predicted molar refractivity (Wildman–Crippen MR) is 58.3 cm³/mol. The van der Waals surface area contributed by atoms with Crippen LogP contribution in [-0.2, 0) is 0 Å². The lowest BCUT2D eigenvalue weighted by Crippen LogP contribution is -2.33. The summed E-state index contributed by atoms with van der Waals surface area (Å²) in [6, 6.07) is 0. The number of rotatable bonds is 9. The van der Waals surface area contributed by atoms with Gasteiger partial charge in [-0.25, -0.2) is 0 Å². The molecule has 0 rings (SSSR count). The largest absolute Gasteiger partial charge is 0.393 e. The molecule has 0 bridgehead atoms. The molecule has 4 heteroatoms. The third-order valence-electron chi connectivity index (χ3n) is 2.64. The fraction of sp³-hybridized carbons (Fsp3) is 1.00. The van der Waals surface area contributed by atoms with E-state index in [0.717, 1.165) is 12.8 Å². The molecule has 1 atom stereocenters. The maximum atomic E-state index is 9.94. The number of aliphatic hydroxyl groups excluding tert-OH is 2. The molecule has 92 valence electrons. The Morgan fingerprint density at radius 1 is 1.07 bits per heavy atom. The van der Waals surface area contributed by atoms with Gasteiger partial charge in [0.05, 0.1) is 12.2 Å². The maximum Gasteiger partial charge on any atom is 0.151 e.